The molecule has 0 unspecified atom stereocenters. The fourth-order valence-corrected chi connectivity index (χ4v) is 5.54. The van der Waals surface area contributed by atoms with E-state index >= 15 is 0 Å². The van der Waals surface area contributed by atoms with Gasteiger partial charge in [0.25, 0.3) is 0 Å². The van der Waals surface area contributed by atoms with Gasteiger partial charge in [-0.3, -0.25) is 9.59 Å². The monoisotopic (exact) mass is 506 g/mol. The van der Waals surface area contributed by atoms with E-state index in [1.807, 2.05) is 30.5 Å². The topological polar surface area (TPSA) is 121 Å². The second-order valence-electron chi connectivity index (χ2n) is 7.94. The number of benzene rings is 2. The first kappa shape index (κ1) is 24.8. The summed E-state index contributed by atoms with van der Waals surface area (Å²) >= 11 is 0. The maximum absolute atomic E-state index is 14.1. The lowest BCUT2D eigenvalue weighted by Crippen LogP contribution is -2.53. The number of sulfonamides is 1. The normalized spacial score (nSPS) is 16.8. The third kappa shape index (κ3) is 5.50. The zero-order chi connectivity index (χ0) is 25.0. The number of hydrogen-bond donors (Lipinski definition) is 3. The Hall–Kier alpha value is -3.35. The number of H-pyrrole nitrogens is 1. The van der Waals surface area contributed by atoms with Gasteiger partial charge < -0.3 is 20.4 Å². The van der Waals surface area contributed by atoms with Crippen molar-refractivity contribution >= 4 is 32.7 Å². The van der Waals surface area contributed by atoms with Crippen molar-refractivity contribution in [1.29, 1.82) is 0 Å². The molecule has 1 aliphatic rings. The van der Waals surface area contributed by atoms with Gasteiger partial charge in [-0.2, -0.15) is 4.31 Å². The van der Waals surface area contributed by atoms with Crippen molar-refractivity contribution in [3.05, 3.63) is 65.9 Å². The summed E-state index contributed by atoms with van der Waals surface area (Å²) in [5.74, 6) is -3.86. The Morgan fingerprint density at radius 2 is 1.89 bits per heavy atom. The molecule has 186 valence electrons. The van der Waals surface area contributed by atoms with Crippen molar-refractivity contribution in [1.82, 2.24) is 19.9 Å². The van der Waals surface area contributed by atoms with Gasteiger partial charge in [0.15, 0.2) is 0 Å². The number of hydrogen-bond acceptors (Lipinski definition) is 5. The molecule has 2 amide bonds. The van der Waals surface area contributed by atoms with Crippen LogP contribution in [0, 0.1) is 11.6 Å². The van der Waals surface area contributed by atoms with Gasteiger partial charge in [0, 0.05) is 30.2 Å². The molecule has 2 heterocycles. The van der Waals surface area contributed by atoms with Gasteiger partial charge in [-0.15, -0.1) is 0 Å². The molecule has 0 saturated carbocycles. The minimum absolute atomic E-state index is 0.0182. The fourth-order valence-electron chi connectivity index (χ4n) is 3.89. The molecular formula is C23H24F2N4O5S. The summed E-state index contributed by atoms with van der Waals surface area (Å²) in [5, 5.41) is 5.90. The van der Waals surface area contributed by atoms with Crippen LogP contribution in [0.2, 0.25) is 0 Å². The lowest BCUT2D eigenvalue weighted by atomic mass is 10.1. The Kier molecular flexibility index (Phi) is 7.43. The van der Waals surface area contributed by atoms with Gasteiger partial charge in [-0.1, -0.05) is 18.2 Å². The van der Waals surface area contributed by atoms with Gasteiger partial charge >= 0.3 is 11.8 Å². The Morgan fingerprint density at radius 3 is 2.71 bits per heavy atom. The first-order chi connectivity index (χ1) is 16.8. The number of aromatic amines is 1. The van der Waals surface area contributed by atoms with Crippen molar-refractivity contribution in [3.8, 4) is 0 Å². The highest BCUT2D eigenvalue weighted by Crippen LogP contribution is 2.25. The minimum atomic E-state index is -4.45. The van der Waals surface area contributed by atoms with Crippen molar-refractivity contribution in [2.24, 2.45) is 0 Å². The third-order valence-electron chi connectivity index (χ3n) is 5.63. The van der Waals surface area contributed by atoms with E-state index in [4.69, 9.17) is 4.74 Å². The number of carbonyl (C=O) groups is 2. The molecule has 1 aromatic heterocycles. The van der Waals surface area contributed by atoms with Crippen LogP contribution < -0.4 is 10.6 Å². The second kappa shape index (κ2) is 10.5. The van der Waals surface area contributed by atoms with E-state index in [0.29, 0.717) is 18.9 Å². The SMILES string of the molecule is O=C(NCCc1c[nH]c2ccccc12)C(=O)NC[C@@H]1OCCCN1S(=O)(=O)c1cc(F)ccc1F. The highest BCUT2D eigenvalue weighted by molar-refractivity contribution is 7.89. The van der Waals surface area contributed by atoms with Crippen LogP contribution in [0.15, 0.2) is 53.6 Å². The number of nitrogens with one attached hydrogen (secondary N) is 3. The summed E-state index contributed by atoms with van der Waals surface area (Å²) < 4.78 is 59.9. The molecule has 1 aliphatic heterocycles. The zero-order valence-corrected chi connectivity index (χ0v) is 19.4. The van der Waals surface area contributed by atoms with Gasteiger partial charge in [0.1, 0.15) is 22.8 Å². The second-order valence-corrected chi connectivity index (χ2v) is 9.80. The third-order valence-corrected chi connectivity index (χ3v) is 7.54. The smallest absolute Gasteiger partial charge is 0.309 e. The summed E-state index contributed by atoms with van der Waals surface area (Å²) in [5.41, 5.74) is 1.96. The van der Waals surface area contributed by atoms with Gasteiger partial charge in [-0.05, 0) is 42.7 Å². The van der Waals surface area contributed by atoms with Crippen LogP contribution in [0.5, 0.6) is 0 Å². The summed E-state index contributed by atoms with van der Waals surface area (Å²) in [7, 11) is -4.45. The molecule has 9 nitrogen and oxygen atoms in total. The molecule has 3 aromatic rings. The highest BCUT2D eigenvalue weighted by atomic mass is 32.2. The molecule has 0 bridgehead atoms. The average molecular weight is 507 g/mol. The predicted molar refractivity (Wildman–Crippen MR) is 123 cm³/mol. The molecule has 0 spiro atoms. The molecule has 4 rings (SSSR count). The Morgan fingerprint density at radius 1 is 1.11 bits per heavy atom. The van der Waals surface area contributed by atoms with Crippen molar-refractivity contribution in [2.45, 2.75) is 24.0 Å². The minimum Gasteiger partial charge on any atom is -0.361 e. The number of fused-ring (bicyclic) bond motifs is 1. The number of rotatable bonds is 7. The van der Waals surface area contributed by atoms with Crippen LogP contribution in [0.3, 0.4) is 0 Å². The first-order valence-corrected chi connectivity index (χ1v) is 12.4. The lowest BCUT2D eigenvalue weighted by molar-refractivity contribution is -0.140. The predicted octanol–water partition coefficient (Wildman–Crippen LogP) is 1.66. The molecule has 0 radical (unpaired) electrons. The largest absolute Gasteiger partial charge is 0.361 e. The van der Waals surface area contributed by atoms with Crippen molar-refractivity contribution < 1.29 is 31.5 Å². The molecule has 3 N–H and O–H groups in total. The number of para-hydroxylation sites is 1. The molecule has 35 heavy (non-hydrogen) atoms. The number of halogens is 2. The summed E-state index contributed by atoms with van der Waals surface area (Å²) in [6.45, 7) is 0.0584. The van der Waals surface area contributed by atoms with Crippen LogP contribution >= 0.6 is 0 Å². The Labute approximate surface area is 200 Å². The van der Waals surface area contributed by atoms with Crippen LogP contribution in [0.25, 0.3) is 10.9 Å². The maximum atomic E-state index is 14.1. The molecule has 12 heteroatoms. The standard InChI is InChI=1S/C23H24F2N4O5S/c24-16-6-7-18(25)20(12-16)35(32,33)29-10-3-11-34-21(29)14-28-23(31)22(30)26-9-8-15-13-27-19-5-2-1-4-17(15)19/h1-2,4-7,12-13,21,27H,3,8-11,14H2,(H,26,30)(H,28,31)/t21-/m0/s1. The van der Waals surface area contributed by atoms with E-state index in [1.54, 1.807) is 0 Å². The summed E-state index contributed by atoms with van der Waals surface area (Å²) in [4.78, 5) is 26.8. The number of amides is 2. The van der Waals surface area contributed by atoms with E-state index in [0.717, 1.165) is 32.9 Å². The molecule has 1 atom stereocenters. The Balaban J connectivity index is 1.33. The van der Waals surface area contributed by atoms with E-state index in [2.05, 4.69) is 15.6 Å². The zero-order valence-electron chi connectivity index (χ0n) is 18.6. The maximum Gasteiger partial charge on any atom is 0.309 e. The number of nitrogens with zero attached hydrogens (tertiary/aromatic N) is 1. The highest BCUT2D eigenvalue weighted by Gasteiger charge is 2.36. The average Bonchev–Trinajstić information content (AvgIpc) is 3.27. The van der Waals surface area contributed by atoms with E-state index in [9.17, 15) is 26.8 Å². The van der Waals surface area contributed by atoms with Gasteiger partial charge in [-0.25, -0.2) is 17.2 Å². The first-order valence-electron chi connectivity index (χ1n) is 11.0. The van der Waals surface area contributed by atoms with Crippen LogP contribution in [-0.4, -0.2) is 62.0 Å². The summed E-state index contributed by atoms with van der Waals surface area (Å²) in [6.07, 6.45) is 1.49. The molecular weight excluding hydrogens is 482 g/mol. The van der Waals surface area contributed by atoms with Crippen LogP contribution in [-0.2, 0) is 30.8 Å². The molecule has 2 aromatic carbocycles. The quantitative estimate of drug-likeness (QED) is 0.421. The molecule has 1 fully saturated rings. The molecule has 0 aliphatic carbocycles. The van der Waals surface area contributed by atoms with E-state index in [-0.39, 0.29) is 26.2 Å². The van der Waals surface area contributed by atoms with Crippen LogP contribution in [0.4, 0.5) is 8.78 Å². The van der Waals surface area contributed by atoms with Crippen molar-refractivity contribution in [3.63, 3.8) is 0 Å². The number of aromatic nitrogens is 1. The van der Waals surface area contributed by atoms with Gasteiger partial charge in [0.2, 0.25) is 10.0 Å². The van der Waals surface area contributed by atoms with Crippen molar-refractivity contribution in [2.75, 3.05) is 26.2 Å². The van der Waals surface area contributed by atoms with Gasteiger partial charge in [0.05, 0.1) is 13.2 Å². The fraction of sp³-hybridized carbons (Fsp3) is 0.304. The molecule has 1 saturated heterocycles. The number of ether oxygens (including phenoxy) is 1. The lowest BCUT2D eigenvalue weighted by Gasteiger charge is -2.34. The number of carbonyl (C=O) groups excluding carboxylic acids is 2. The van der Waals surface area contributed by atoms with E-state index in [1.165, 1.54) is 0 Å². The van der Waals surface area contributed by atoms with Crippen LogP contribution in [0.1, 0.15) is 12.0 Å². The summed E-state index contributed by atoms with van der Waals surface area (Å²) in [6, 6.07) is 9.84. The van der Waals surface area contributed by atoms with E-state index < -0.39 is 44.6 Å². The Bertz CT molecular complexity index is 1340.